The molecule has 13 N–H and O–H groups in total. The first-order chi connectivity index (χ1) is 46.8. The van der Waals surface area contributed by atoms with Crippen LogP contribution in [0.25, 0.3) is 39.0 Å². The van der Waals surface area contributed by atoms with E-state index < -0.39 is 50.8 Å². The van der Waals surface area contributed by atoms with E-state index in [0.29, 0.717) is 67.5 Å². The first kappa shape index (κ1) is 79.3. The second kappa shape index (κ2) is 30.9. The van der Waals surface area contributed by atoms with Gasteiger partial charge in [-0.15, -0.1) is 18.7 Å². The number of anilines is 8. The molecule has 0 bridgehead atoms. The van der Waals surface area contributed by atoms with E-state index in [9.17, 15) is 38.9 Å². The average molecular weight is 1470 g/mol. The summed E-state index contributed by atoms with van der Waals surface area (Å²) in [6, 6.07) is 34.2. The second-order valence-corrected chi connectivity index (χ2v) is 29.3. The van der Waals surface area contributed by atoms with Crippen LogP contribution in [0.4, 0.5) is 56.9 Å². The van der Waals surface area contributed by atoms with E-state index >= 15 is 0 Å². The topological polar surface area (TPSA) is 404 Å². The summed E-state index contributed by atoms with van der Waals surface area (Å²) >= 11 is 0. The number of quaternary nitrogens is 1. The minimum atomic E-state index is -5.13. The van der Waals surface area contributed by atoms with Crippen LogP contribution in [0.15, 0.2) is 164 Å². The van der Waals surface area contributed by atoms with Crippen molar-refractivity contribution in [3.05, 3.63) is 234 Å². The number of fused-ring (bicyclic) bond motifs is 4. The molecular formula is C74H72N8Na2O14S4. The van der Waals surface area contributed by atoms with E-state index in [1.807, 2.05) is 124 Å². The molecule has 1 unspecified atom stereocenters. The quantitative estimate of drug-likeness (QED) is 0.0280. The fraction of sp³-hybridized carbons (Fsp3) is 0.176. The first-order valence-electron chi connectivity index (χ1n) is 31.0. The van der Waals surface area contributed by atoms with E-state index in [0.717, 1.165) is 101 Å². The molecule has 12 rings (SSSR count). The van der Waals surface area contributed by atoms with Crippen molar-refractivity contribution in [2.75, 3.05) is 33.6 Å². The van der Waals surface area contributed by atoms with Crippen LogP contribution in [0.1, 0.15) is 77.9 Å². The van der Waals surface area contributed by atoms with Crippen molar-refractivity contribution in [3.63, 3.8) is 0 Å². The predicted octanol–water partition coefficient (Wildman–Crippen LogP) is 4.15. The van der Waals surface area contributed by atoms with Crippen LogP contribution in [0, 0.1) is 89.2 Å². The maximum Gasteiger partial charge on any atom is 1.00 e. The summed E-state index contributed by atoms with van der Waals surface area (Å²) in [5.74, 6) is 1.20. The largest absolute Gasteiger partial charge is 1.00 e. The molecule has 0 saturated heterocycles. The molecule has 8 aromatic rings. The first-order valence-corrected chi connectivity index (χ1v) is 36.3. The zero-order valence-corrected chi connectivity index (χ0v) is 65.8. The minimum Gasteiger partial charge on any atom is -0.744 e. The maximum atomic E-state index is 12.8. The zero-order chi connectivity index (χ0) is 73.1. The molecule has 2 aliphatic carbocycles. The summed E-state index contributed by atoms with van der Waals surface area (Å²) in [6.07, 6.45) is 6.00. The Bertz CT molecular complexity index is 5760. The van der Waals surface area contributed by atoms with Gasteiger partial charge in [0.2, 0.25) is 11.0 Å². The van der Waals surface area contributed by atoms with Crippen molar-refractivity contribution >= 4 is 114 Å². The molecular weight excluding hydrogens is 1400 g/mol. The van der Waals surface area contributed by atoms with Crippen molar-refractivity contribution < 1.29 is 130 Å². The number of aryl methyl sites for hydroxylation is 8. The van der Waals surface area contributed by atoms with Gasteiger partial charge in [-0.05, 0) is 188 Å². The monoisotopic (exact) mass is 1470 g/mol. The third kappa shape index (κ3) is 16.3. The van der Waals surface area contributed by atoms with E-state index in [1.165, 1.54) is 30.3 Å². The number of hydrogen-bond acceptors (Lipinski definition) is 20. The summed E-state index contributed by atoms with van der Waals surface area (Å²) in [5.41, 5.74) is 46.5. The van der Waals surface area contributed by atoms with Gasteiger partial charge in [0.15, 0.2) is 0 Å². The Balaban J connectivity index is 0.000000242. The number of nitrogen functional groups attached to an aromatic ring is 4. The van der Waals surface area contributed by atoms with Crippen LogP contribution >= 0.6 is 0 Å². The molecule has 0 saturated carbocycles. The van der Waals surface area contributed by atoms with Crippen LogP contribution in [0.3, 0.4) is 0 Å². The Morgan fingerprint density at radius 1 is 0.539 bits per heavy atom. The molecule has 0 fully saturated rings. The predicted molar refractivity (Wildman–Crippen MR) is 383 cm³/mol. The SMILES string of the molecule is Cc1cc(C)c(Nc2[c-]cc3c(-c4ccccc4S(=O)(=O)[O-])c4cc(S(=O)(=O)[O-])c(=[NH+]c5c(C)cc(C)c(N)c5C)cc-4oc3c2)c(C)c1N.Cc1cc(C)c(Nc2ccc3c(c2)OC2=CC([NH2+]c4c(C)cc(C)c(N)c4C)C=CC2=C3c2ccccc2S(=O)(=O)[O-])c(C)c1N.O=S(=O)=O.[Na+].[Na+]. The number of ether oxygens (including phenoxy) is 1. The Hall–Kier alpha value is -8.42. The average Bonchev–Trinajstić information content (AvgIpc) is 0.732. The van der Waals surface area contributed by atoms with Gasteiger partial charge in [0.1, 0.15) is 64.2 Å². The van der Waals surface area contributed by atoms with Gasteiger partial charge >= 0.3 is 69.7 Å². The van der Waals surface area contributed by atoms with Crippen LogP contribution in [0.5, 0.6) is 5.75 Å². The van der Waals surface area contributed by atoms with E-state index in [4.69, 9.17) is 44.7 Å². The fourth-order valence-corrected chi connectivity index (χ4v) is 15.0. The Labute approximate surface area is 638 Å². The number of allylic oxidation sites excluding steroid dienone is 1. The number of hydrogen-bond donors (Lipinski definition) is 8. The number of nitrogens with two attached hydrogens (primary N) is 5. The minimum absolute atomic E-state index is 0. The Kier molecular flexibility index (Phi) is 24.0. The molecule has 28 heteroatoms. The van der Waals surface area contributed by atoms with E-state index in [1.54, 1.807) is 43.3 Å². The van der Waals surface area contributed by atoms with Crippen molar-refractivity contribution in [2.45, 2.75) is 104 Å². The summed E-state index contributed by atoms with van der Waals surface area (Å²) in [4.78, 5) is 1.66. The molecule has 8 aromatic carbocycles. The fourth-order valence-electron chi connectivity index (χ4n) is 13.0. The molecule has 102 heavy (non-hydrogen) atoms. The van der Waals surface area contributed by atoms with Gasteiger partial charge < -0.3 is 61.7 Å². The summed E-state index contributed by atoms with van der Waals surface area (Å²) in [5, 5.41) is 9.25. The third-order valence-electron chi connectivity index (χ3n) is 18.0. The molecule has 0 aromatic heterocycles. The van der Waals surface area contributed by atoms with Gasteiger partial charge in [-0.1, -0.05) is 65.2 Å². The second-order valence-electron chi connectivity index (χ2n) is 24.9. The van der Waals surface area contributed by atoms with Crippen LogP contribution in [-0.2, 0) is 41.0 Å². The van der Waals surface area contributed by atoms with Crippen molar-refractivity contribution in [3.8, 4) is 28.2 Å². The number of nitrogens with one attached hydrogen (secondary N) is 3. The van der Waals surface area contributed by atoms with Crippen molar-refractivity contribution in [1.29, 1.82) is 0 Å². The number of rotatable bonds is 12. The molecule has 0 amide bonds. The summed E-state index contributed by atoms with van der Waals surface area (Å²) in [6.45, 7) is 23.3. The standard InChI is InChI=1S/C37H35N4O7S2.C37H38N4O4S.2Na.O3S/c1-18-13-20(3)36(22(5)34(18)38)40-24-11-12-25-29(15-24)48-30-17-28(41-37-21(4)14-19(2)35(39)23(37)6)32(50(45,46)47)16-27(30)33(25)26-9-7-8-10-31(26)49(42,43)44;1-19-15-21(3)36(23(5)34(19)38)40-25-11-13-27-30(17-25)45-31-18-26(41-37-22(4)16-20(2)35(39)24(37)6)12-14-28(31)33(27)29-9-7-8-10-32(29)46(42,43)44;;;1-4(2)3/h7-10,12-17,40H,38-39H2,1-6H3,(H,42,43,44)(H,45,46,47);7-18,25,40-41H,38-39H2,1-6H3,(H,42,43,44);;;/q-1;;2*+1;/p-1. The molecule has 518 valence electrons. The van der Waals surface area contributed by atoms with Gasteiger partial charge in [0.25, 0.3) is 0 Å². The zero-order valence-electron chi connectivity index (χ0n) is 58.5. The molecule has 4 aliphatic rings. The molecule has 0 spiro atoms. The third-order valence-corrected chi connectivity index (χ3v) is 20.7. The number of benzene rings is 9. The molecule has 2 aliphatic heterocycles. The molecule has 1 atom stereocenters. The van der Waals surface area contributed by atoms with Crippen LogP contribution < -0.4 is 113 Å². The van der Waals surface area contributed by atoms with E-state index in [2.05, 4.69) is 40.0 Å². The smallest absolute Gasteiger partial charge is 0.744 e. The Morgan fingerprint density at radius 3 is 1.61 bits per heavy atom. The molecule has 0 radical (unpaired) electrons. The van der Waals surface area contributed by atoms with Crippen LogP contribution in [-0.4, -0.2) is 57.6 Å². The van der Waals surface area contributed by atoms with Gasteiger partial charge in [0.05, 0.1) is 15.9 Å². The van der Waals surface area contributed by atoms with Gasteiger partial charge in [0, 0.05) is 108 Å². The van der Waals surface area contributed by atoms with Gasteiger partial charge in [-0.3, -0.25) is 0 Å². The van der Waals surface area contributed by atoms with Crippen LogP contribution in [0.2, 0.25) is 0 Å². The Morgan fingerprint density at radius 2 is 1.04 bits per heavy atom. The van der Waals surface area contributed by atoms with Crippen molar-refractivity contribution in [1.82, 2.24) is 0 Å². The van der Waals surface area contributed by atoms with Gasteiger partial charge in [-0.2, -0.15) is 12.1 Å². The molecule has 22 nitrogen and oxygen atoms in total. The van der Waals surface area contributed by atoms with Gasteiger partial charge in [-0.25, -0.2) is 30.2 Å². The summed E-state index contributed by atoms with van der Waals surface area (Å²) in [7, 11) is -18.0. The maximum absolute atomic E-state index is 12.8. The molecule has 2 heterocycles. The van der Waals surface area contributed by atoms with Crippen molar-refractivity contribution in [2.24, 2.45) is 0 Å². The van der Waals surface area contributed by atoms with E-state index in [-0.39, 0.29) is 103 Å². The normalized spacial score (nSPS) is 13.5. The summed E-state index contributed by atoms with van der Waals surface area (Å²) < 4.78 is 152.